The standard InChI is InChI=1S/C22H26ClN3O/c23-20-11-5-4-8-18(20)16-26-15-7-13-22(26)12-6-14-25(17-22)21(27)24-19-9-2-1-3-10-19/h1-5,8-11H,6-7,12-17H2,(H,24,27)/t22-/m1/s1. The third kappa shape index (κ3) is 3.97. The summed E-state index contributed by atoms with van der Waals surface area (Å²) in [4.78, 5) is 17.3. The van der Waals surface area contributed by atoms with Gasteiger partial charge in [0.25, 0.3) is 0 Å². The fourth-order valence-corrected chi connectivity index (χ4v) is 4.74. The second-order valence-electron chi connectivity index (χ2n) is 7.66. The number of para-hydroxylation sites is 1. The van der Waals surface area contributed by atoms with E-state index in [4.69, 9.17) is 11.6 Å². The van der Waals surface area contributed by atoms with Crippen molar-refractivity contribution in [3.05, 3.63) is 65.2 Å². The van der Waals surface area contributed by atoms with Gasteiger partial charge >= 0.3 is 6.03 Å². The monoisotopic (exact) mass is 383 g/mol. The van der Waals surface area contributed by atoms with Gasteiger partial charge < -0.3 is 10.2 Å². The van der Waals surface area contributed by atoms with Crippen LogP contribution < -0.4 is 5.32 Å². The van der Waals surface area contributed by atoms with Crippen molar-refractivity contribution < 1.29 is 4.79 Å². The van der Waals surface area contributed by atoms with Crippen LogP contribution in [0, 0.1) is 0 Å². The zero-order valence-electron chi connectivity index (χ0n) is 15.5. The zero-order chi connectivity index (χ0) is 18.7. The zero-order valence-corrected chi connectivity index (χ0v) is 16.3. The lowest BCUT2D eigenvalue weighted by molar-refractivity contribution is 0.0534. The largest absolute Gasteiger partial charge is 0.323 e. The third-order valence-corrected chi connectivity index (χ3v) is 6.30. The Morgan fingerprint density at radius 1 is 1.00 bits per heavy atom. The number of carbonyl (C=O) groups is 1. The molecule has 1 atom stereocenters. The van der Waals surface area contributed by atoms with Gasteiger partial charge in [0.05, 0.1) is 0 Å². The van der Waals surface area contributed by atoms with Crippen LogP contribution in [0.25, 0.3) is 0 Å². The number of rotatable bonds is 3. The summed E-state index contributed by atoms with van der Waals surface area (Å²) in [5.41, 5.74) is 2.10. The molecule has 0 unspecified atom stereocenters. The molecular formula is C22H26ClN3O. The Morgan fingerprint density at radius 3 is 2.48 bits per heavy atom. The number of hydrogen-bond donors (Lipinski definition) is 1. The van der Waals surface area contributed by atoms with E-state index >= 15 is 0 Å². The summed E-state index contributed by atoms with van der Waals surface area (Å²) in [6.45, 7) is 3.53. The molecule has 2 saturated heterocycles. The van der Waals surface area contributed by atoms with Gasteiger partial charge in [-0.15, -0.1) is 0 Å². The molecule has 2 amide bonds. The van der Waals surface area contributed by atoms with Gasteiger partial charge in [0.1, 0.15) is 0 Å². The number of nitrogens with zero attached hydrogens (tertiary/aromatic N) is 2. The van der Waals surface area contributed by atoms with Gasteiger partial charge in [0.15, 0.2) is 0 Å². The SMILES string of the molecule is O=C(Nc1ccccc1)N1CCC[C@@]2(CCCN2Cc2ccccc2Cl)C1. The molecule has 0 saturated carbocycles. The van der Waals surface area contributed by atoms with Crippen LogP contribution >= 0.6 is 11.6 Å². The maximum atomic E-state index is 12.8. The maximum Gasteiger partial charge on any atom is 0.321 e. The molecule has 1 N–H and O–H groups in total. The van der Waals surface area contributed by atoms with Gasteiger partial charge in [-0.25, -0.2) is 4.79 Å². The first-order valence-electron chi connectivity index (χ1n) is 9.76. The second-order valence-corrected chi connectivity index (χ2v) is 8.07. The van der Waals surface area contributed by atoms with Crippen molar-refractivity contribution in [2.24, 2.45) is 0 Å². The highest BCUT2D eigenvalue weighted by Gasteiger charge is 2.44. The lowest BCUT2D eigenvalue weighted by Crippen LogP contribution is -2.57. The Hall–Kier alpha value is -2.04. The summed E-state index contributed by atoms with van der Waals surface area (Å²) in [5.74, 6) is 0. The van der Waals surface area contributed by atoms with E-state index in [9.17, 15) is 4.79 Å². The normalized spacial score (nSPS) is 22.9. The molecule has 2 fully saturated rings. The van der Waals surface area contributed by atoms with E-state index in [2.05, 4.69) is 16.3 Å². The van der Waals surface area contributed by atoms with E-state index in [1.807, 2.05) is 53.4 Å². The number of hydrogen-bond acceptors (Lipinski definition) is 2. The second kappa shape index (κ2) is 7.91. The number of piperidine rings is 1. The van der Waals surface area contributed by atoms with Crippen LogP contribution in [0.4, 0.5) is 10.5 Å². The highest BCUT2D eigenvalue weighted by Crippen LogP contribution is 2.39. The summed E-state index contributed by atoms with van der Waals surface area (Å²) in [6, 6.07) is 17.8. The molecule has 4 rings (SSSR count). The average Bonchev–Trinajstić information content (AvgIpc) is 3.06. The van der Waals surface area contributed by atoms with Gasteiger partial charge in [-0.05, 0) is 56.0 Å². The average molecular weight is 384 g/mol. The van der Waals surface area contributed by atoms with Gasteiger partial charge in [-0.3, -0.25) is 4.90 Å². The van der Waals surface area contributed by atoms with E-state index < -0.39 is 0 Å². The Kier molecular flexibility index (Phi) is 5.37. The third-order valence-electron chi connectivity index (χ3n) is 5.93. The maximum absolute atomic E-state index is 12.8. The molecule has 0 radical (unpaired) electrons. The summed E-state index contributed by atoms with van der Waals surface area (Å²) < 4.78 is 0. The first-order chi connectivity index (χ1) is 13.2. The van der Waals surface area contributed by atoms with Crippen LogP contribution in [0.2, 0.25) is 5.02 Å². The van der Waals surface area contributed by atoms with E-state index in [-0.39, 0.29) is 11.6 Å². The molecule has 142 valence electrons. The number of halogens is 1. The molecule has 0 aromatic heterocycles. The minimum absolute atomic E-state index is 0.00451. The van der Waals surface area contributed by atoms with Crippen molar-refractivity contribution in [2.45, 2.75) is 37.8 Å². The molecule has 5 heteroatoms. The molecule has 2 aromatic rings. The van der Waals surface area contributed by atoms with Crippen molar-refractivity contribution in [3.8, 4) is 0 Å². The van der Waals surface area contributed by atoms with Crippen molar-refractivity contribution >= 4 is 23.3 Å². The highest BCUT2D eigenvalue weighted by atomic mass is 35.5. The topological polar surface area (TPSA) is 35.6 Å². The predicted molar refractivity (Wildman–Crippen MR) is 110 cm³/mol. The van der Waals surface area contributed by atoms with Gasteiger partial charge in [0, 0.05) is 35.9 Å². The fourth-order valence-electron chi connectivity index (χ4n) is 4.55. The summed E-state index contributed by atoms with van der Waals surface area (Å²) >= 11 is 6.40. The minimum atomic E-state index is 0.00451. The molecule has 0 aliphatic carbocycles. The first kappa shape index (κ1) is 18.3. The predicted octanol–water partition coefficient (Wildman–Crippen LogP) is 5.00. The number of likely N-dealkylation sites (tertiary alicyclic amines) is 2. The number of anilines is 1. The van der Waals surface area contributed by atoms with Crippen LogP contribution in [0.1, 0.15) is 31.2 Å². The fraction of sp³-hybridized carbons (Fsp3) is 0.409. The quantitative estimate of drug-likeness (QED) is 0.809. The van der Waals surface area contributed by atoms with Crippen molar-refractivity contribution in [1.29, 1.82) is 0 Å². The minimum Gasteiger partial charge on any atom is -0.323 e. The molecule has 27 heavy (non-hydrogen) atoms. The smallest absolute Gasteiger partial charge is 0.321 e. The Balaban J connectivity index is 1.47. The molecule has 1 spiro atoms. The highest BCUT2D eigenvalue weighted by molar-refractivity contribution is 6.31. The lowest BCUT2D eigenvalue weighted by atomic mass is 9.86. The molecule has 0 bridgehead atoms. The van der Waals surface area contributed by atoms with Crippen LogP contribution in [0.3, 0.4) is 0 Å². The Bertz CT molecular complexity index is 797. The molecule has 4 nitrogen and oxygen atoms in total. The van der Waals surface area contributed by atoms with Crippen molar-refractivity contribution in [2.75, 3.05) is 25.0 Å². The van der Waals surface area contributed by atoms with Crippen molar-refractivity contribution in [3.63, 3.8) is 0 Å². The molecule has 2 aliphatic rings. The van der Waals surface area contributed by atoms with E-state index in [0.29, 0.717) is 0 Å². The van der Waals surface area contributed by atoms with Crippen LogP contribution in [-0.4, -0.2) is 41.0 Å². The molecule has 2 aliphatic heterocycles. The number of nitrogens with one attached hydrogen (secondary N) is 1. The summed E-state index contributed by atoms with van der Waals surface area (Å²) in [7, 11) is 0. The number of urea groups is 1. The van der Waals surface area contributed by atoms with Gasteiger partial charge in [0.2, 0.25) is 0 Å². The first-order valence-corrected chi connectivity index (χ1v) is 10.1. The Labute approximate surface area is 166 Å². The number of amides is 2. The van der Waals surface area contributed by atoms with Gasteiger partial charge in [-0.2, -0.15) is 0 Å². The van der Waals surface area contributed by atoms with E-state index in [0.717, 1.165) is 56.2 Å². The van der Waals surface area contributed by atoms with Crippen LogP contribution in [0.15, 0.2) is 54.6 Å². The Morgan fingerprint density at radius 2 is 1.70 bits per heavy atom. The van der Waals surface area contributed by atoms with E-state index in [1.54, 1.807) is 0 Å². The van der Waals surface area contributed by atoms with Crippen LogP contribution in [-0.2, 0) is 6.54 Å². The van der Waals surface area contributed by atoms with Gasteiger partial charge in [-0.1, -0.05) is 48.0 Å². The molecule has 2 heterocycles. The summed E-state index contributed by atoms with van der Waals surface area (Å²) in [6.07, 6.45) is 4.51. The van der Waals surface area contributed by atoms with Crippen LogP contribution in [0.5, 0.6) is 0 Å². The molecule has 2 aromatic carbocycles. The summed E-state index contributed by atoms with van der Waals surface area (Å²) in [5, 5.41) is 3.87. The van der Waals surface area contributed by atoms with Crippen molar-refractivity contribution in [1.82, 2.24) is 9.80 Å². The number of benzene rings is 2. The molecular weight excluding hydrogens is 358 g/mol. The van der Waals surface area contributed by atoms with E-state index in [1.165, 1.54) is 12.0 Å². The number of carbonyl (C=O) groups excluding carboxylic acids is 1. The lowest BCUT2D eigenvalue weighted by Gasteiger charge is -2.46.